The van der Waals surface area contributed by atoms with Crippen LogP contribution in [-0.2, 0) is 11.3 Å². The Balaban J connectivity index is 1.97. The Morgan fingerprint density at radius 3 is 3.16 bits per heavy atom. The average Bonchev–Trinajstić information content (AvgIpc) is 2.86. The van der Waals surface area contributed by atoms with Gasteiger partial charge in [0.2, 0.25) is 0 Å². The molecule has 2 heterocycles. The fourth-order valence-electron chi connectivity index (χ4n) is 2.50. The minimum absolute atomic E-state index is 0.0949. The Hall–Kier alpha value is -1.37. The predicted octanol–water partition coefficient (Wildman–Crippen LogP) is 0.884. The number of furan rings is 1. The van der Waals surface area contributed by atoms with Crippen LogP contribution in [0.25, 0.3) is 0 Å². The molecule has 0 radical (unpaired) electrons. The van der Waals surface area contributed by atoms with Gasteiger partial charge in [-0.3, -0.25) is 15.1 Å². The molecule has 106 valence electrons. The molecule has 1 saturated heterocycles. The second-order valence-electron chi connectivity index (χ2n) is 5.24. The van der Waals surface area contributed by atoms with Crippen molar-refractivity contribution in [3.63, 3.8) is 0 Å². The van der Waals surface area contributed by atoms with E-state index in [-0.39, 0.29) is 11.5 Å². The van der Waals surface area contributed by atoms with Crippen molar-refractivity contribution in [3.05, 3.63) is 23.7 Å². The summed E-state index contributed by atoms with van der Waals surface area (Å²) in [5.41, 5.74) is 2.44. The lowest BCUT2D eigenvalue weighted by atomic mass is 9.95. The first-order valence-electron chi connectivity index (χ1n) is 6.42. The number of nitrogens with one attached hydrogen (secondary N) is 1. The molecule has 1 aliphatic heterocycles. The van der Waals surface area contributed by atoms with Crippen molar-refractivity contribution < 1.29 is 13.9 Å². The van der Waals surface area contributed by atoms with Crippen molar-refractivity contribution in [2.75, 3.05) is 20.2 Å². The van der Waals surface area contributed by atoms with Gasteiger partial charge in [0.1, 0.15) is 12.0 Å². The summed E-state index contributed by atoms with van der Waals surface area (Å²) in [6.45, 7) is 4.67. The maximum Gasteiger partial charge on any atom is 0.268 e. The van der Waals surface area contributed by atoms with Crippen LogP contribution in [-0.4, -0.2) is 36.6 Å². The molecule has 0 spiro atoms. The fourth-order valence-corrected chi connectivity index (χ4v) is 2.50. The molecule has 1 fully saturated rings. The Bertz CT molecular complexity index is 446. The van der Waals surface area contributed by atoms with E-state index in [0.717, 1.165) is 31.7 Å². The van der Waals surface area contributed by atoms with Crippen molar-refractivity contribution in [2.45, 2.75) is 31.9 Å². The highest BCUT2D eigenvalue weighted by molar-refractivity contribution is 5.93. The number of rotatable bonds is 4. The van der Waals surface area contributed by atoms with Crippen molar-refractivity contribution in [1.29, 1.82) is 0 Å². The van der Waals surface area contributed by atoms with Gasteiger partial charge in [0.15, 0.2) is 0 Å². The minimum atomic E-state index is -0.338. The van der Waals surface area contributed by atoms with Gasteiger partial charge in [-0.05, 0) is 32.4 Å². The maximum atomic E-state index is 11.3. The topological polar surface area (TPSA) is 80.7 Å². The summed E-state index contributed by atoms with van der Waals surface area (Å²) >= 11 is 0. The van der Waals surface area contributed by atoms with Gasteiger partial charge in [0.05, 0.1) is 17.7 Å². The summed E-state index contributed by atoms with van der Waals surface area (Å²) in [7, 11) is 1.75. The van der Waals surface area contributed by atoms with Crippen LogP contribution in [0.3, 0.4) is 0 Å². The number of likely N-dealkylation sites (tertiary alicyclic amines) is 1. The zero-order valence-corrected chi connectivity index (χ0v) is 11.4. The van der Waals surface area contributed by atoms with E-state index in [2.05, 4.69) is 17.2 Å². The Kier molecular flexibility index (Phi) is 4.24. The molecule has 0 bridgehead atoms. The average molecular weight is 267 g/mol. The van der Waals surface area contributed by atoms with Gasteiger partial charge in [0.25, 0.3) is 5.91 Å². The maximum absolute atomic E-state index is 11.3. The lowest BCUT2D eigenvalue weighted by Gasteiger charge is -2.39. The normalized spacial score (nSPS) is 24.4. The molecule has 0 aromatic carbocycles. The Labute approximate surface area is 112 Å². The van der Waals surface area contributed by atoms with Crippen LogP contribution in [0.15, 0.2) is 16.7 Å². The van der Waals surface area contributed by atoms with Crippen LogP contribution >= 0.6 is 0 Å². The lowest BCUT2D eigenvalue weighted by molar-refractivity contribution is -0.0538. The second-order valence-corrected chi connectivity index (χ2v) is 5.24. The van der Waals surface area contributed by atoms with Crippen LogP contribution in [0.2, 0.25) is 0 Å². The Morgan fingerprint density at radius 1 is 1.68 bits per heavy atom. The van der Waals surface area contributed by atoms with Crippen LogP contribution in [0, 0.1) is 0 Å². The molecule has 1 aromatic rings. The summed E-state index contributed by atoms with van der Waals surface area (Å²) in [5, 5.41) is 0. The predicted molar refractivity (Wildman–Crippen MR) is 70.3 cm³/mol. The summed E-state index contributed by atoms with van der Waals surface area (Å²) in [6.07, 6.45) is 3.59. The minimum Gasteiger partial charge on any atom is -0.467 e. The van der Waals surface area contributed by atoms with E-state index in [1.807, 2.05) is 0 Å². The van der Waals surface area contributed by atoms with E-state index in [0.29, 0.717) is 12.1 Å². The number of ether oxygens (including phenoxy) is 1. The summed E-state index contributed by atoms with van der Waals surface area (Å²) in [6, 6.07) is 1.72. The zero-order valence-electron chi connectivity index (χ0n) is 11.4. The molecule has 1 amide bonds. The molecule has 0 aliphatic carbocycles. The number of nitrogens with zero attached hydrogens (tertiary/aromatic N) is 1. The third-order valence-electron chi connectivity index (χ3n) is 3.66. The fraction of sp³-hybridized carbons (Fsp3) is 0.615. The van der Waals surface area contributed by atoms with Crippen LogP contribution < -0.4 is 11.3 Å². The van der Waals surface area contributed by atoms with Crippen molar-refractivity contribution in [3.8, 4) is 0 Å². The number of nitrogens with two attached hydrogens (primary N) is 1. The van der Waals surface area contributed by atoms with E-state index in [9.17, 15) is 4.79 Å². The summed E-state index contributed by atoms with van der Waals surface area (Å²) in [5.74, 6) is 5.51. The molecule has 1 aromatic heterocycles. The van der Waals surface area contributed by atoms with Crippen molar-refractivity contribution >= 4 is 5.91 Å². The SMILES string of the molecule is COC1(C)CCCN(Cc2cc(C(=O)NN)co2)C1. The molecule has 3 N–H and O–H groups in total. The molecule has 6 heteroatoms. The van der Waals surface area contributed by atoms with Gasteiger partial charge in [-0.1, -0.05) is 0 Å². The number of piperidine rings is 1. The van der Waals surface area contributed by atoms with E-state index in [1.54, 1.807) is 13.2 Å². The third-order valence-corrected chi connectivity index (χ3v) is 3.66. The zero-order chi connectivity index (χ0) is 13.9. The van der Waals surface area contributed by atoms with Crippen LogP contribution in [0.1, 0.15) is 35.9 Å². The van der Waals surface area contributed by atoms with Crippen LogP contribution in [0.4, 0.5) is 0 Å². The Morgan fingerprint density at radius 2 is 2.47 bits per heavy atom. The smallest absolute Gasteiger partial charge is 0.268 e. The number of carbonyl (C=O) groups excluding carboxylic acids is 1. The van der Waals surface area contributed by atoms with E-state index in [1.165, 1.54) is 6.26 Å². The standard InChI is InChI=1S/C13H21N3O3/c1-13(18-2)4-3-5-16(9-13)7-11-6-10(8-19-11)12(17)15-14/h6,8H,3-5,7,9,14H2,1-2H3,(H,15,17). The van der Waals surface area contributed by atoms with Gasteiger partial charge in [-0.15, -0.1) is 0 Å². The van der Waals surface area contributed by atoms with Crippen LogP contribution in [0.5, 0.6) is 0 Å². The van der Waals surface area contributed by atoms with Gasteiger partial charge < -0.3 is 9.15 Å². The molecule has 19 heavy (non-hydrogen) atoms. The highest BCUT2D eigenvalue weighted by Gasteiger charge is 2.31. The molecule has 6 nitrogen and oxygen atoms in total. The number of hydrogen-bond acceptors (Lipinski definition) is 5. The highest BCUT2D eigenvalue weighted by atomic mass is 16.5. The quantitative estimate of drug-likeness (QED) is 0.481. The lowest BCUT2D eigenvalue weighted by Crippen LogP contribution is -2.46. The third kappa shape index (κ3) is 3.34. The summed E-state index contributed by atoms with van der Waals surface area (Å²) in [4.78, 5) is 13.6. The molecule has 0 saturated carbocycles. The first kappa shape index (κ1) is 14.0. The molecule has 1 atom stereocenters. The largest absolute Gasteiger partial charge is 0.467 e. The van der Waals surface area contributed by atoms with E-state index < -0.39 is 0 Å². The van der Waals surface area contributed by atoms with E-state index >= 15 is 0 Å². The second kappa shape index (κ2) is 5.73. The van der Waals surface area contributed by atoms with Gasteiger partial charge in [-0.25, -0.2) is 5.84 Å². The van der Waals surface area contributed by atoms with E-state index in [4.69, 9.17) is 15.0 Å². The van der Waals surface area contributed by atoms with Gasteiger partial charge in [0, 0.05) is 13.7 Å². The van der Waals surface area contributed by atoms with Gasteiger partial charge in [-0.2, -0.15) is 0 Å². The number of carbonyl (C=O) groups is 1. The first-order valence-corrected chi connectivity index (χ1v) is 6.42. The molecular formula is C13H21N3O3. The monoisotopic (exact) mass is 267 g/mol. The number of amides is 1. The highest BCUT2D eigenvalue weighted by Crippen LogP contribution is 2.25. The first-order chi connectivity index (χ1) is 9.06. The van der Waals surface area contributed by atoms with Crippen molar-refractivity contribution in [2.24, 2.45) is 5.84 Å². The van der Waals surface area contributed by atoms with Crippen molar-refractivity contribution in [1.82, 2.24) is 10.3 Å². The number of methoxy groups -OCH3 is 1. The number of nitrogen functional groups attached to an aromatic ring is 1. The molecule has 1 aliphatic rings. The molecular weight excluding hydrogens is 246 g/mol. The van der Waals surface area contributed by atoms with Gasteiger partial charge >= 0.3 is 0 Å². The summed E-state index contributed by atoms with van der Waals surface area (Å²) < 4.78 is 10.9. The number of hydrazine groups is 1. The molecule has 1 unspecified atom stereocenters. The molecule has 2 rings (SSSR count). The number of hydrogen-bond donors (Lipinski definition) is 2.